The molecule has 0 aromatic carbocycles. The van der Waals surface area contributed by atoms with E-state index >= 15 is 0 Å². The van der Waals surface area contributed by atoms with E-state index in [9.17, 15) is 4.79 Å². The van der Waals surface area contributed by atoms with Gasteiger partial charge in [0.25, 0.3) is 0 Å². The Morgan fingerprint density at radius 3 is 2.81 bits per heavy atom. The molecule has 0 radical (unpaired) electrons. The number of amides is 1. The number of carbonyl (C=O) groups is 1. The first-order valence-corrected chi connectivity index (χ1v) is 7.78. The number of H-pyrrole nitrogens is 1. The summed E-state index contributed by atoms with van der Waals surface area (Å²) >= 11 is 1.51. The Hall–Kier alpha value is -1.83. The molecule has 0 bridgehead atoms. The molecule has 1 unspecified atom stereocenters. The van der Waals surface area contributed by atoms with Crippen molar-refractivity contribution in [1.29, 1.82) is 0 Å². The molecule has 2 aromatic heterocycles. The molecule has 0 spiro atoms. The van der Waals surface area contributed by atoms with Crippen LogP contribution < -0.4 is 5.32 Å². The van der Waals surface area contributed by atoms with Crippen molar-refractivity contribution in [3.8, 4) is 0 Å². The topological polar surface area (TPSA) is 88.5 Å². The van der Waals surface area contributed by atoms with Gasteiger partial charge in [-0.3, -0.25) is 14.6 Å². The van der Waals surface area contributed by atoms with Crippen LogP contribution in [0.1, 0.15) is 30.2 Å². The standard InChI is InChI=1S/C13H20N6OS/c1-8-7-9(2)19(18-8)10(3)12(20)14-5-6-21-13-15-11(4)16-17-13/h7,10H,5-6H2,1-4H3,(H,14,20)(H,15,16,17). The SMILES string of the molecule is Cc1cc(C)n(C(C)C(=O)NCCSc2n[nH]c(C)n2)n1. The smallest absolute Gasteiger partial charge is 0.244 e. The lowest BCUT2D eigenvalue weighted by atomic mass is 10.3. The number of carbonyl (C=O) groups excluding carboxylic acids is 1. The van der Waals surface area contributed by atoms with Gasteiger partial charge in [-0.1, -0.05) is 11.8 Å². The second-order valence-electron chi connectivity index (χ2n) is 4.89. The number of rotatable bonds is 6. The zero-order chi connectivity index (χ0) is 15.4. The summed E-state index contributed by atoms with van der Waals surface area (Å²) in [4.78, 5) is 16.3. The molecule has 2 N–H and O–H groups in total. The number of hydrogen-bond donors (Lipinski definition) is 2. The molecule has 0 saturated heterocycles. The lowest BCUT2D eigenvalue weighted by Gasteiger charge is -2.14. The molecule has 2 heterocycles. The zero-order valence-corrected chi connectivity index (χ0v) is 13.5. The van der Waals surface area contributed by atoms with Crippen molar-refractivity contribution in [3.63, 3.8) is 0 Å². The van der Waals surface area contributed by atoms with Gasteiger partial charge in [0.05, 0.1) is 5.69 Å². The first-order chi connectivity index (χ1) is 9.97. The Kier molecular flexibility index (Phi) is 5.00. The molecule has 0 saturated carbocycles. The summed E-state index contributed by atoms with van der Waals surface area (Å²) in [6.45, 7) is 8.14. The molecule has 0 aliphatic heterocycles. The van der Waals surface area contributed by atoms with Crippen molar-refractivity contribution >= 4 is 17.7 Å². The maximum absolute atomic E-state index is 12.1. The van der Waals surface area contributed by atoms with Crippen LogP contribution in [-0.2, 0) is 4.79 Å². The van der Waals surface area contributed by atoms with Crippen molar-refractivity contribution in [2.75, 3.05) is 12.3 Å². The minimum Gasteiger partial charge on any atom is -0.353 e. The molecule has 0 fully saturated rings. The second-order valence-corrected chi connectivity index (χ2v) is 5.95. The number of aromatic nitrogens is 5. The molecule has 1 amide bonds. The average Bonchev–Trinajstić information content (AvgIpc) is 2.99. The van der Waals surface area contributed by atoms with E-state index in [1.807, 2.05) is 33.8 Å². The number of nitrogens with one attached hydrogen (secondary N) is 2. The van der Waals surface area contributed by atoms with Gasteiger partial charge in [0.1, 0.15) is 11.9 Å². The Labute approximate surface area is 127 Å². The normalized spacial score (nSPS) is 12.4. The van der Waals surface area contributed by atoms with E-state index in [1.54, 1.807) is 4.68 Å². The van der Waals surface area contributed by atoms with Crippen molar-refractivity contribution in [2.45, 2.75) is 38.9 Å². The number of aromatic amines is 1. The van der Waals surface area contributed by atoms with Crippen molar-refractivity contribution in [3.05, 3.63) is 23.3 Å². The highest BCUT2D eigenvalue weighted by atomic mass is 32.2. The van der Waals surface area contributed by atoms with E-state index in [4.69, 9.17) is 0 Å². The molecule has 2 rings (SSSR count). The van der Waals surface area contributed by atoms with Crippen molar-refractivity contribution in [2.24, 2.45) is 0 Å². The summed E-state index contributed by atoms with van der Waals surface area (Å²) in [7, 11) is 0. The van der Waals surface area contributed by atoms with Gasteiger partial charge in [0, 0.05) is 18.0 Å². The highest BCUT2D eigenvalue weighted by Gasteiger charge is 2.17. The fraction of sp³-hybridized carbons (Fsp3) is 0.538. The van der Waals surface area contributed by atoms with Gasteiger partial charge in [0.2, 0.25) is 11.1 Å². The maximum Gasteiger partial charge on any atom is 0.244 e. The summed E-state index contributed by atoms with van der Waals surface area (Å²) in [5.74, 6) is 1.49. The minimum absolute atomic E-state index is 0.0343. The third-order valence-corrected chi connectivity index (χ3v) is 3.85. The molecule has 21 heavy (non-hydrogen) atoms. The lowest BCUT2D eigenvalue weighted by Crippen LogP contribution is -2.33. The van der Waals surface area contributed by atoms with Gasteiger partial charge in [-0.05, 0) is 33.8 Å². The summed E-state index contributed by atoms with van der Waals surface area (Å²) in [5, 5.41) is 14.8. The van der Waals surface area contributed by atoms with Crippen LogP contribution in [0.5, 0.6) is 0 Å². The van der Waals surface area contributed by atoms with Gasteiger partial charge in [-0.2, -0.15) is 5.10 Å². The second kappa shape index (κ2) is 6.75. The van der Waals surface area contributed by atoms with Crippen LogP contribution in [0.15, 0.2) is 11.2 Å². The van der Waals surface area contributed by atoms with Crippen LogP contribution in [0.4, 0.5) is 0 Å². The fourth-order valence-electron chi connectivity index (χ4n) is 2.00. The Balaban J connectivity index is 1.77. The fourth-order valence-corrected chi connectivity index (χ4v) is 2.70. The van der Waals surface area contributed by atoms with Crippen LogP contribution in [0.2, 0.25) is 0 Å². The highest BCUT2D eigenvalue weighted by Crippen LogP contribution is 2.12. The van der Waals surface area contributed by atoms with Crippen molar-refractivity contribution < 1.29 is 4.79 Å². The van der Waals surface area contributed by atoms with Crippen LogP contribution in [0, 0.1) is 20.8 Å². The Morgan fingerprint density at radius 2 is 2.24 bits per heavy atom. The van der Waals surface area contributed by atoms with E-state index in [0.29, 0.717) is 11.7 Å². The number of hydrogen-bond acceptors (Lipinski definition) is 5. The van der Waals surface area contributed by atoms with E-state index in [1.165, 1.54) is 11.8 Å². The van der Waals surface area contributed by atoms with Crippen LogP contribution >= 0.6 is 11.8 Å². The molecule has 2 aromatic rings. The molecule has 1 atom stereocenters. The van der Waals surface area contributed by atoms with Gasteiger partial charge < -0.3 is 5.32 Å². The first kappa shape index (κ1) is 15.6. The number of aryl methyl sites for hydroxylation is 3. The largest absolute Gasteiger partial charge is 0.353 e. The molecule has 7 nitrogen and oxygen atoms in total. The van der Waals surface area contributed by atoms with Crippen LogP contribution in [-0.4, -0.2) is 43.2 Å². The molecule has 0 aliphatic carbocycles. The predicted molar refractivity (Wildman–Crippen MR) is 81.3 cm³/mol. The summed E-state index contributed by atoms with van der Waals surface area (Å²) < 4.78 is 1.75. The molecule has 8 heteroatoms. The lowest BCUT2D eigenvalue weighted by molar-refractivity contribution is -0.124. The van der Waals surface area contributed by atoms with Crippen LogP contribution in [0.25, 0.3) is 0 Å². The third kappa shape index (κ3) is 4.07. The summed E-state index contributed by atoms with van der Waals surface area (Å²) in [5.41, 5.74) is 1.91. The zero-order valence-electron chi connectivity index (χ0n) is 12.7. The molecular formula is C13H20N6OS. The van der Waals surface area contributed by atoms with Gasteiger partial charge in [0.15, 0.2) is 0 Å². The minimum atomic E-state index is -0.311. The van der Waals surface area contributed by atoms with Crippen molar-refractivity contribution in [1.82, 2.24) is 30.3 Å². The monoisotopic (exact) mass is 308 g/mol. The van der Waals surface area contributed by atoms with E-state index in [-0.39, 0.29) is 11.9 Å². The van der Waals surface area contributed by atoms with E-state index in [0.717, 1.165) is 23.0 Å². The maximum atomic E-state index is 12.1. The van der Waals surface area contributed by atoms with Gasteiger partial charge >= 0.3 is 0 Å². The van der Waals surface area contributed by atoms with E-state index < -0.39 is 0 Å². The van der Waals surface area contributed by atoms with E-state index in [2.05, 4.69) is 25.6 Å². The number of nitrogens with zero attached hydrogens (tertiary/aromatic N) is 4. The summed E-state index contributed by atoms with van der Waals surface area (Å²) in [6, 6.07) is 1.65. The number of thioether (sulfide) groups is 1. The average molecular weight is 308 g/mol. The molecule has 114 valence electrons. The quantitative estimate of drug-likeness (QED) is 0.622. The van der Waals surface area contributed by atoms with Gasteiger partial charge in [-0.25, -0.2) is 4.98 Å². The van der Waals surface area contributed by atoms with Gasteiger partial charge in [-0.15, -0.1) is 5.10 Å². The summed E-state index contributed by atoms with van der Waals surface area (Å²) in [6.07, 6.45) is 0. The third-order valence-electron chi connectivity index (χ3n) is 3.00. The first-order valence-electron chi connectivity index (χ1n) is 6.79. The predicted octanol–water partition coefficient (Wildman–Crippen LogP) is 1.40. The highest BCUT2D eigenvalue weighted by molar-refractivity contribution is 7.99. The Bertz CT molecular complexity index is 620. The van der Waals surface area contributed by atoms with Crippen LogP contribution in [0.3, 0.4) is 0 Å². The molecule has 0 aliphatic rings. The molecular weight excluding hydrogens is 288 g/mol. The Morgan fingerprint density at radius 1 is 1.48 bits per heavy atom.